The number of benzene rings is 1. The fourth-order valence-corrected chi connectivity index (χ4v) is 5.70. The van der Waals surface area contributed by atoms with Gasteiger partial charge >= 0.3 is 0 Å². The first-order chi connectivity index (χ1) is 14.9. The van der Waals surface area contributed by atoms with Crippen molar-refractivity contribution in [2.75, 3.05) is 13.1 Å². The smallest absolute Gasteiger partial charge is 0.222 e. The van der Waals surface area contributed by atoms with Crippen LogP contribution in [0.15, 0.2) is 30.6 Å². The molecule has 1 aromatic heterocycles. The van der Waals surface area contributed by atoms with Gasteiger partial charge in [0.2, 0.25) is 5.91 Å². The lowest BCUT2D eigenvalue weighted by Gasteiger charge is -2.53. The van der Waals surface area contributed by atoms with Gasteiger partial charge in [-0.05, 0) is 63.3 Å². The Bertz CT molecular complexity index is 946. The molecule has 7 heteroatoms. The first-order valence-electron chi connectivity index (χ1n) is 11.3. The zero-order valence-corrected chi connectivity index (χ0v) is 18.9. The number of rotatable bonds is 4. The molecule has 0 spiro atoms. The van der Waals surface area contributed by atoms with E-state index < -0.39 is 0 Å². The fourth-order valence-electron chi connectivity index (χ4n) is 5.52. The number of likely N-dealkylation sites (tertiary alicyclic amines) is 1. The van der Waals surface area contributed by atoms with Gasteiger partial charge in [0, 0.05) is 48.1 Å². The normalized spacial score (nSPS) is 28.8. The van der Waals surface area contributed by atoms with Gasteiger partial charge in [0.1, 0.15) is 11.4 Å². The van der Waals surface area contributed by atoms with E-state index >= 15 is 0 Å². The number of ether oxygens (including phenoxy) is 2. The lowest BCUT2D eigenvalue weighted by atomic mass is 9.70. The number of aryl methyl sites for hydroxylation is 1. The van der Waals surface area contributed by atoms with Crippen LogP contribution in [0.25, 0.3) is 0 Å². The Morgan fingerprint density at radius 2 is 2.26 bits per heavy atom. The van der Waals surface area contributed by atoms with Crippen molar-refractivity contribution in [1.29, 1.82) is 0 Å². The van der Waals surface area contributed by atoms with Crippen LogP contribution in [0.5, 0.6) is 5.75 Å². The monoisotopic (exact) mass is 443 g/mol. The molecule has 6 nitrogen and oxygen atoms in total. The number of halogens is 1. The quantitative estimate of drug-likeness (QED) is 0.752. The zero-order chi connectivity index (χ0) is 21.6. The van der Waals surface area contributed by atoms with Gasteiger partial charge < -0.3 is 14.4 Å². The summed E-state index contributed by atoms with van der Waals surface area (Å²) in [6.45, 7) is 5.84. The van der Waals surface area contributed by atoms with E-state index in [2.05, 4.69) is 24.0 Å². The van der Waals surface area contributed by atoms with E-state index in [9.17, 15) is 4.79 Å². The number of carbonyl (C=O) groups is 1. The first kappa shape index (κ1) is 20.8. The molecule has 4 atom stereocenters. The summed E-state index contributed by atoms with van der Waals surface area (Å²) in [5, 5.41) is 7.50. The number of nitrogens with one attached hydrogen (secondary N) is 1. The highest BCUT2D eigenvalue weighted by Crippen LogP contribution is 2.53. The topological polar surface area (TPSA) is 67.5 Å². The van der Waals surface area contributed by atoms with Crippen LogP contribution in [-0.4, -0.2) is 45.8 Å². The van der Waals surface area contributed by atoms with E-state index in [1.165, 1.54) is 0 Å². The predicted molar refractivity (Wildman–Crippen MR) is 118 cm³/mol. The second-order valence-electron chi connectivity index (χ2n) is 9.67. The number of nitrogens with zero attached hydrogens (tertiary/aromatic N) is 2. The highest BCUT2D eigenvalue weighted by Gasteiger charge is 2.51. The van der Waals surface area contributed by atoms with Crippen molar-refractivity contribution in [2.45, 2.75) is 63.8 Å². The zero-order valence-electron chi connectivity index (χ0n) is 18.1. The van der Waals surface area contributed by atoms with Crippen LogP contribution in [0.1, 0.15) is 56.8 Å². The van der Waals surface area contributed by atoms with Gasteiger partial charge in [-0.25, -0.2) is 0 Å². The van der Waals surface area contributed by atoms with E-state index in [0.29, 0.717) is 17.4 Å². The minimum absolute atomic E-state index is 0.00379. The molecule has 0 radical (unpaired) electrons. The minimum atomic E-state index is -0.326. The van der Waals surface area contributed by atoms with Crippen LogP contribution in [0.2, 0.25) is 5.02 Å². The third kappa shape index (κ3) is 4.08. The molecular weight excluding hydrogens is 414 g/mol. The molecule has 1 aromatic carbocycles. The summed E-state index contributed by atoms with van der Waals surface area (Å²) in [6.07, 6.45) is 8.08. The van der Waals surface area contributed by atoms with Gasteiger partial charge in [0.25, 0.3) is 0 Å². The molecule has 166 valence electrons. The SMILES string of the molecule is CC1(C)Oc2ccc(Cl)cc2[C@@H]2O[C@@H]3CCN(C(=O)CCCc4cn[nH]c4)C[C@H]3C[C@H]21. The van der Waals surface area contributed by atoms with E-state index in [1.54, 1.807) is 0 Å². The molecular formula is C24H30ClN3O3. The van der Waals surface area contributed by atoms with E-state index in [0.717, 1.165) is 55.6 Å². The molecule has 2 aromatic rings. The first-order valence-corrected chi connectivity index (χ1v) is 11.7. The van der Waals surface area contributed by atoms with Crippen LogP contribution in [0.4, 0.5) is 0 Å². The van der Waals surface area contributed by atoms with E-state index in [-0.39, 0.29) is 29.6 Å². The van der Waals surface area contributed by atoms with Gasteiger partial charge in [0.05, 0.1) is 18.4 Å². The largest absolute Gasteiger partial charge is 0.487 e. The summed E-state index contributed by atoms with van der Waals surface area (Å²) in [7, 11) is 0. The van der Waals surface area contributed by atoms with Crippen LogP contribution >= 0.6 is 11.6 Å². The van der Waals surface area contributed by atoms with Crippen molar-refractivity contribution in [2.24, 2.45) is 11.8 Å². The molecule has 3 aliphatic heterocycles. The number of fused-ring (bicyclic) bond motifs is 4. The highest BCUT2D eigenvalue weighted by atomic mass is 35.5. The molecule has 4 heterocycles. The lowest BCUT2D eigenvalue weighted by Crippen LogP contribution is -2.56. The van der Waals surface area contributed by atoms with Crippen molar-refractivity contribution in [3.63, 3.8) is 0 Å². The van der Waals surface area contributed by atoms with Crippen molar-refractivity contribution in [3.8, 4) is 5.75 Å². The van der Waals surface area contributed by atoms with Crippen molar-refractivity contribution in [1.82, 2.24) is 15.1 Å². The summed E-state index contributed by atoms with van der Waals surface area (Å²) in [5.74, 6) is 1.70. The third-order valence-electron chi connectivity index (χ3n) is 7.22. The molecule has 0 unspecified atom stereocenters. The Labute approximate surface area is 188 Å². The Hall–Kier alpha value is -2.05. The molecule has 1 N–H and O–H groups in total. The van der Waals surface area contributed by atoms with Gasteiger partial charge in [-0.15, -0.1) is 0 Å². The average Bonchev–Trinajstić information content (AvgIpc) is 3.26. The number of amides is 1. The maximum absolute atomic E-state index is 12.8. The second-order valence-corrected chi connectivity index (χ2v) is 10.1. The summed E-state index contributed by atoms with van der Waals surface area (Å²) in [4.78, 5) is 14.9. The Balaban J connectivity index is 1.25. The Morgan fingerprint density at radius 3 is 3.06 bits per heavy atom. The van der Waals surface area contributed by atoms with E-state index in [4.69, 9.17) is 21.1 Å². The number of hydrogen-bond donors (Lipinski definition) is 1. The number of hydrogen-bond acceptors (Lipinski definition) is 4. The number of piperidine rings is 1. The van der Waals surface area contributed by atoms with Crippen molar-refractivity contribution >= 4 is 17.5 Å². The Kier molecular flexibility index (Phi) is 5.47. The number of carbonyl (C=O) groups excluding carboxylic acids is 1. The highest BCUT2D eigenvalue weighted by molar-refractivity contribution is 6.30. The van der Waals surface area contributed by atoms with E-state index in [1.807, 2.05) is 35.5 Å². The van der Waals surface area contributed by atoms with Crippen LogP contribution < -0.4 is 4.74 Å². The fraction of sp³-hybridized carbons (Fsp3) is 0.583. The van der Waals surface area contributed by atoms with Gasteiger partial charge in [-0.2, -0.15) is 5.10 Å². The minimum Gasteiger partial charge on any atom is -0.487 e. The predicted octanol–water partition coefficient (Wildman–Crippen LogP) is 4.55. The van der Waals surface area contributed by atoms with Gasteiger partial charge in [-0.1, -0.05) is 11.6 Å². The van der Waals surface area contributed by atoms with Gasteiger partial charge in [-0.3, -0.25) is 9.89 Å². The molecule has 0 saturated carbocycles. The standard InChI is InChI=1S/C24H30ClN3O3/c1-24(2)19-10-16-14-28(22(29)5-3-4-15-12-26-27-13-15)9-8-20(16)30-23(19)18-11-17(25)6-7-21(18)31-24/h6-7,11-13,16,19-20,23H,3-5,8-10,14H2,1-2H3,(H,26,27)/t16-,19-,20-,23+/m1/s1. The average molecular weight is 444 g/mol. The molecule has 2 saturated heterocycles. The summed E-state index contributed by atoms with van der Waals surface area (Å²) >= 11 is 6.28. The maximum atomic E-state index is 12.8. The molecule has 0 aliphatic carbocycles. The number of aromatic nitrogens is 2. The summed E-state index contributed by atoms with van der Waals surface area (Å²) < 4.78 is 13.0. The molecule has 5 rings (SSSR count). The Morgan fingerprint density at radius 1 is 1.39 bits per heavy atom. The second kappa shape index (κ2) is 8.14. The third-order valence-corrected chi connectivity index (χ3v) is 7.45. The summed E-state index contributed by atoms with van der Waals surface area (Å²) in [5.41, 5.74) is 1.89. The van der Waals surface area contributed by atoms with Crippen molar-refractivity contribution < 1.29 is 14.3 Å². The lowest BCUT2D eigenvalue weighted by molar-refractivity contribution is -0.188. The van der Waals surface area contributed by atoms with Crippen molar-refractivity contribution in [3.05, 3.63) is 46.7 Å². The maximum Gasteiger partial charge on any atom is 0.222 e. The van der Waals surface area contributed by atoms with Crippen LogP contribution in [0.3, 0.4) is 0 Å². The summed E-state index contributed by atoms with van der Waals surface area (Å²) in [6, 6.07) is 5.82. The van der Waals surface area contributed by atoms with Gasteiger partial charge in [0.15, 0.2) is 0 Å². The molecule has 31 heavy (non-hydrogen) atoms. The molecule has 3 aliphatic rings. The number of H-pyrrole nitrogens is 1. The molecule has 1 amide bonds. The van der Waals surface area contributed by atoms with Crippen LogP contribution in [-0.2, 0) is 16.0 Å². The van der Waals surface area contributed by atoms with Crippen LogP contribution in [0, 0.1) is 11.8 Å². The number of aromatic amines is 1. The molecule has 0 bridgehead atoms. The molecule has 2 fully saturated rings.